The van der Waals surface area contributed by atoms with Gasteiger partial charge in [0.25, 0.3) is 0 Å². The summed E-state index contributed by atoms with van der Waals surface area (Å²) in [5.41, 5.74) is 2.51. The summed E-state index contributed by atoms with van der Waals surface area (Å²) in [4.78, 5) is 0. The zero-order chi connectivity index (χ0) is 29.7. The van der Waals surface area contributed by atoms with Crippen LogP contribution in [0.15, 0.2) is 24.3 Å². The largest absolute Gasteiger partial charge is 0.414 e. The molecule has 0 spiro atoms. The van der Waals surface area contributed by atoms with Crippen molar-refractivity contribution in [3.63, 3.8) is 0 Å². The average Bonchev–Trinajstić information content (AvgIpc) is 3.19. The SMILES string of the molecule is C=CC[C@@H](O[C@@H](C)C[C@H](C)O)[C@@H](C)[C@H]1CC[C@H]2[C@@H]3CC=C4C[C@@H](O[Si](C)(C)C(C)(C)C)CC[C@]4(C)[C@H]3CC[C@]12C. The van der Waals surface area contributed by atoms with Crippen LogP contribution in [0.25, 0.3) is 0 Å². The molecule has 230 valence electrons. The second-order valence-corrected chi connectivity index (χ2v) is 21.4. The van der Waals surface area contributed by atoms with Crippen molar-refractivity contribution in [1.29, 1.82) is 0 Å². The maximum absolute atomic E-state index is 9.91. The topological polar surface area (TPSA) is 38.7 Å². The van der Waals surface area contributed by atoms with Crippen molar-refractivity contribution in [2.45, 2.75) is 162 Å². The Hall–Kier alpha value is -0.423. The second kappa shape index (κ2) is 11.9. The number of rotatable bonds is 10. The molecule has 4 aliphatic rings. The van der Waals surface area contributed by atoms with Gasteiger partial charge in [-0.2, -0.15) is 0 Å². The normalized spacial score (nSPS) is 39.3. The average molecular weight is 573 g/mol. The Kier molecular flexibility index (Phi) is 9.69. The zero-order valence-corrected chi connectivity index (χ0v) is 28.9. The number of ether oxygens (including phenoxy) is 1. The lowest BCUT2D eigenvalue weighted by Crippen LogP contribution is -2.52. The lowest BCUT2D eigenvalue weighted by molar-refractivity contribution is -0.0930. The molecule has 0 unspecified atom stereocenters. The van der Waals surface area contributed by atoms with Crippen LogP contribution >= 0.6 is 0 Å². The smallest absolute Gasteiger partial charge is 0.192 e. The van der Waals surface area contributed by atoms with Crippen LogP contribution in [-0.2, 0) is 9.16 Å². The standard InChI is InChI=1S/C36H64O3Si/c1-12-13-33(38-25(3)22-24(2)37)26(4)30-16-17-31-29-15-14-27-23-28(39-40(10,11)34(5,6)7)18-20-35(27,8)32(29)19-21-36(30,31)9/h12,14,24-26,28-33,37H,1,13,15-23H2,2-11H3/t24-,25-,26-,28-,29-,30+,31-,32-,33+,35-,36+/m0/s1. The first-order chi connectivity index (χ1) is 18.5. The van der Waals surface area contributed by atoms with Gasteiger partial charge in [0.1, 0.15) is 0 Å². The lowest BCUT2D eigenvalue weighted by atomic mass is 9.47. The second-order valence-electron chi connectivity index (χ2n) is 16.7. The van der Waals surface area contributed by atoms with Gasteiger partial charge in [-0.05, 0) is 137 Å². The van der Waals surface area contributed by atoms with Gasteiger partial charge < -0.3 is 14.3 Å². The molecule has 0 aromatic carbocycles. The molecule has 3 fully saturated rings. The van der Waals surface area contributed by atoms with Crippen LogP contribution in [0.1, 0.15) is 120 Å². The third kappa shape index (κ3) is 6.13. The van der Waals surface area contributed by atoms with Gasteiger partial charge >= 0.3 is 0 Å². The first kappa shape index (κ1) is 32.5. The molecule has 3 saturated carbocycles. The van der Waals surface area contributed by atoms with Gasteiger partial charge in [0.2, 0.25) is 0 Å². The molecule has 4 aliphatic carbocycles. The Morgan fingerprint density at radius 3 is 2.40 bits per heavy atom. The third-order valence-corrected chi connectivity index (χ3v) is 17.6. The van der Waals surface area contributed by atoms with Crippen LogP contribution in [0, 0.1) is 40.4 Å². The number of aliphatic hydroxyl groups is 1. The number of allylic oxidation sites excluding steroid dienone is 1. The molecule has 0 heterocycles. The molecule has 4 rings (SSSR count). The van der Waals surface area contributed by atoms with Gasteiger partial charge in [-0.25, -0.2) is 0 Å². The molecule has 40 heavy (non-hydrogen) atoms. The molecule has 0 aromatic rings. The summed E-state index contributed by atoms with van der Waals surface area (Å²) in [6, 6.07) is 0. The molecule has 0 saturated heterocycles. The van der Waals surface area contributed by atoms with E-state index in [1.807, 2.05) is 13.0 Å². The molecule has 11 atom stereocenters. The van der Waals surface area contributed by atoms with Crippen LogP contribution in [0.3, 0.4) is 0 Å². The highest BCUT2D eigenvalue weighted by Crippen LogP contribution is 2.67. The fourth-order valence-electron chi connectivity index (χ4n) is 9.88. The first-order valence-electron chi connectivity index (χ1n) is 16.8. The molecular weight excluding hydrogens is 508 g/mol. The van der Waals surface area contributed by atoms with Crippen molar-refractivity contribution >= 4 is 8.32 Å². The van der Waals surface area contributed by atoms with Crippen LogP contribution in [0.2, 0.25) is 18.1 Å². The minimum atomic E-state index is -1.74. The number of hydrogen-bond acceptors (Lipinski definition) is 3. The quantitative estimate of drug-likeness (QED) is 0.209. The van der Waals surface area contributed by atoms with E-state index < -0.39 is 8.32 Å². The fourth-order valence-corrected chi connectivity index (χ4v) is 11.3. The Balaban J connectivity index is 1.48. The van der Waals surface area contributed by atoms with E-state index in [1.165, 1.54) is 51.4 Å². The third-order valence-electron chi connectivity index (χ3n) is 13.1. The maximum atomic E-state index is 9.91. The highest BCUT2D eigenvalue weighted by molar-refractivity contribution is 6.74. The van der Waals surface area contributed by atoms with Crippen LogP contribution in [0.4, 0.5) is 0 Å². The molecule has 0 amide bonds. The highest BCUT2D eigenvalue weighted by Gasteiger charge is 2.60. The summed E-state index contributed by atoms with van der Waals surface area (Å²) in [6.07, 6.45) is 17.2. The van der Waals surface area contributed by atoms with E-state index in [-0.39, 0.29) is 23.4 Å². The summed E-state index contributed by atoms with van der Waals surface area (Å²) >= 11 is 0. The molecule has 0 aliphatic heterocycles. The van der Waals surface area contributed by atoms with E-state index in [1.54, 1.807) is 5.57 Å². The van der Waals surface area contributed by atoms with Crippen molar-refractivity contribution in [3.05, 3.63) is 24.3 Å². The van der Waals surface area contributed by atoms with Gasteiger partial charge in [-0.3, -0.25) is 0 Å². The van der Waals surface area contributed by atoms with Gasteiger partial charge in [-0.15, -0.1) is 6.58 Å². The fraction of sp³-hybridized carbons (Fsp3) is 0.889. The molecule has 0 radical (unpaired) electrons. The molecule has 4 heteroatoms. The van der Waals surface area contributed by atoms with E-state index in [0.29, 0.717) is 35.2 Å². The Labute approximate surface area is 249 Å². The van der Waals surface area contributed by atoms with E-state index in [2.05, 4.69) is 74.2 Å². The summed E-state index contributed by atoms with van der Waals surface area (Å²) < 4.78 is 13.6. The minimum absolute atomic E-state index is 0.0748. The molecule has 0 bridgehead atoms. The van der Waals surface area contributed by atoms with Crippen molar-refractivity contribution in [1.82, 2.24) is 0 Å². The van der Waals surface area contributed by atoms with E-state index in [0.717, 1.165) is 24.2 Å². The predicted octanol–water partition coefficient (Wildman–Crippen LogP) is 9.71. The van der Waals surface area contributed by atoms with Gasteiger partial charge in [-0.1, -0.05) is 59.3 Å². The van der Waals surface area contributed by atoms with Gasteiger partial charge in [0.15, 0.2) is 8.32 Å². The van der Waals surface area contributed by atoms with Gasteiger partial charge in [0.05, 0.1) is 18.3 Å². The zero-order valence-electron chi connectivity index (χ0n) is 27.9. The molecule has 0 aromatic heterocycles. The van der Waals surface area contributed by atoms with Crippen molar-refractivity contribution in [2.24, 2.45) is 40.4 Å². The van der Waals surface area contributed by atoms with Crippen molar-refractivity contribution in [3.8, 4) is 0 Å². The Morgan fingerprint density at radius 2 is 1.77 bits per heavy atom. The van der Waals surface area contributed by atoms with E-state index >= 15 is 0 Å². The highest BCUT2D eigenvalue weighted by atomic mass is 28.4. The predicted molar refractivity (Wildman–Crippen MR) is 172 cm³/mol. The lowest BCUT2D eigenvalue weighted by Gasteiger charge is -2.59. The van der Waals surface area contributed by atoms with Crippen molar-refractivity contribution in [2.75, 3.05) is 0 Å². The number of hydrogen-bond donors (Lipinski definition) is 1. The number of aliphatic hydroxyl groups excluding tert-OH is 1. The molecule has 3 nitrogen and oxygen atoms in total. The van der Waals surface area contributed by atoms with Gasteiger partial charge in [0, 0.05) is 6.10 Å². The summed E-state index contributed by atoms with van der Waals surface area (Å²) in [5.74, 6) is 3.70. The summed E-state index contributed by atoms with van der Waals surface area (Å²) in [5, 5.41) is 10.2. The van der Waals surface area contributed by atoms with Crippen LogP contribution in [-0.4, -0.2) is 37.8 Å². The van der Waals surface area contributed by atoms with E-state index in [9.17, 15) is 5.11 Å². The first-order valence-corrected chi connectivity index (χ1v) is 19.8. The van der Waals surface area contributed by atoms with Crippen LogP contribution < -0.4 is 0 Å². The summed E-state index contributed by atoms with van der Waals surface area (Å²) in [6.45, 7) is 27.7. The maximum Gasteiger partial charge on any atom is 0.192 e. The van der Waals surface area contributed by atoms with Crippen molar-refractivity contribution < 1.29 is 14.3 Å². The number of fused-ring (bicyclic) bond motifs is 5. The Morgan fingerprint density at radius 1 is 1.07 bits per heavy atom. The van der Waals surface area contributed by atoms with E-state index in [4.69, 9.17) is 9.16 Å². The summed E-state index contributed by atoms with van der Waals surface area (Å²) in [7, 11) is -1.74. The van der Waals surface area contributed by atoms with Crippen LogP contribution in [0.5, 0.6) is 0 Å². The molecular formula is C36H64O3Si. The molecule has 1 N–H and O–H groups in total. The minimum Gasteiger partial charge on any atom is -0.414 e. The monoisotopic (exact) mass is 572 g/mol. The Bertz CT molecular complexity index is 917.